The quantitative estimate of drug-likeness (QED) is 0.654. The van der Waals surface area contributed by atoms with Gasteiger partial charge >= 0.3 is 12.1 Å². The average molecular weight is 470 g/mol. The minimum absolute atomic E-state index is 0.0109. The number of carboxylic acid groups (broad SMARTS) is 1. The first-order valence-corrected chi connectivity index (χ1v) is 12.7. The molecule has 0 unspecified atom stereocenters. The van der Waals surface area contributed by atoms with Crippen molar-refractivity contribution >= 4 is 28.8 Å². The van der Waals surface area contributed by atoms with E-state index in [-0.39, 0.29) is 30.0 Å². The summed E-state index contributed by atoms with van der Waals surface area (Å²) in [6.07, 6.45) is 7.72. The molecule has 2 saturated carbocycles. The van der Waals surface area contributed by atoms with E-state index in [9.17, 15) is 19.8 Å². The smallest absolute Gasteiger partial charge is 0.414 e. The lowest BCUT2D eigenvalue weighted by Crippen LogP contribution is -2.42. The second kappa shape index (κ2) is 9.21. The molecule has 4 atom stereocenters. The Bertz CT molecular complexity index is 1090. The van der Waals surface area contributed by atoms with Gasteiger partial charge in [-0.2, -0.15) is 0 Å². The summed E-state index contributed by atoms with van der Waals surface area (Å²) in [6.45, 7) is 2.02. The Balaban J connectivity index is 1.65. The molecule has 1 aliphatic heterocycles. The predicted molar refractivity (Wildman–Crippen MR) is 128 cm³/mol. The van der Waals surface area contributed by atoms with Gasteiger partial charge in [-0.3, -0.25) is 9.69 Å². The van der Waals surface area contributed by atoms with E-state index >= 15 is 0 Å². The van der Waals surface area contributed by atoms with Gasteiger partial charge in [-0.05, 0) is 69.9 Å². The van der Waals surface area contributed by atoms with Crippen LogP contribution in [-0.2, 0) is 16.0 Å². The molecule has 8 heteroatoms. The Morgan fingerprint density at radius 2 is 1.88 bits per heavy atom. The van der Waals surface area contributed by atoms with Gasteiger partial charge < -0.3 is 19.5 Å². The van der Waals surface area contributed by atoms with Gasteiger partial charge in [-0.1, -0.05) is 19.3 Å². The first kappa shape index (κ1) is 23.1. The number of methoxy groups -OCH3 is 1. The second-order valence-corrected chi connectivity index (χ2v) is 10.3. The monoisotopic (exact) mass is 469 g/mol. The van der Waals surface area contributed by atoms with Crippen LogP contribution >= 0.6 is 0 Å². The van der Waals surface area contributed by atoms with E-state index in [0.29, 0.717) is 18.7 Å². The lowest BCUT2D eigenvalue weighted by molar-refractivity contribution is -0.143. The van der Waals surface area contributed by atoms with Gasteiger partial charge in [0, 0.05) is 17.6 Å². The third kappa shape index (κ3) is 3.85. The van der Waals surface area contributed by atoms with E-state index in [1.165, 1.54) is 7.11 Å². The normalized spacial score (nSPS) is 26.4. The van der Waals surface area contributed by atoms with E-state index in [1.807, 2.05) is 19.1 Å². The number of aliphatic carboxylic acids is 1. The number of ether oxygens (including phenoxy) is 1. The fourth-order valence-electron chi connectivity index (χ4n) is 6.49. The average Bonchev–Trinajstić information content (AvgIpc) is 3.51. The highest BCUT2D eigenvalue weighted by molar-refractivity contribution is 5.95. The Labute approximate surface area is 199 Å². The van der Waals surface area contributed by atoms with Gasteiger partial charge in [0.1, 0.15) is 11.9 Å². The maximum absolute atomic E-state index is 12.6. The molecule has 2 heterocycles. The van der Waals surface area contributed by atoms with E-state index in [4.69, 9.17) is 9.72 Å². The third-order valence-corrected chi connectivity index (χ3v) is 8.32. The Morgan fingerprint density at radius 3 is 2.59 bits per heavy atom. The van der Waals surface area contributed by atoms with Gasteiger partial charge in [0.05, 0.1) is 29.7 Å². The Kier molecular flexibility index (Phi) is 6.27. The first-order valence-electron chi connectivity index (χ1n) is 12.7. The number of aliphatic hydroxyl groups excluding tert-OH is 1. The molecule has 1 aromatic heterocycles. The summed E-state index contributed by atoms with van der Waals surface area (Å²) in [5, 5.41) is 21.1. The number of hydrogen-bond donors (Lipinski definition) is 2. The van der Waals surface area contributed by atoms with Crippen molar-refractivity contribution in [2.45, 2.75) is 89.3 Å². The molecule has 0 radical (unpaired) electrons. The number of carboxylic acids is 1. The molecule has 2 N–H and O–H groups in total. The van der Waals surface area contributed by atoms with Crippen LogP contribution in [0.5, 0.6) is 0 Å². The summed E-state index contributed by atoms with van der Waals surface area (Å²) in [5.74, 6) is -0.278. The van der Waals surface area contributed by atoms with Crippen molar-refractivity contribution < 1.29 is 24.5 Å². The highest BCUT2D eigenvalue weighted by Crippen LogP contribution is 2.44. The number of aromatic nitrogens is 2. The molecule has 1 amide bonds. The number of nitrogens with zero attached hydrogens (tertiary/aromatic N) is 3. The number of hydrogen-bond acceptors (Lipinski definition) is 5. The van der Waals surface area contributed by atoms with Crippen molar-refractivity contribution in [1.29, 1.82) is 0 Å². The molecule has 184 valence electrons. The number of fused-ring (bicyclic) bond motifs is 3. The number of rotatable bonds is 4. The lowest BCUT2D eigenvalue weighted by Gasteiger charge is -2.34. The van der Waals surface area contributed by atoms with Crippen molar-refractivity contribution in [3.8, 4) is 0 Å². The second-order valence-electron chi connectivity index (χ2n) is 10.3. The molecule has 0 saturated heterocycles. The van der Waals surface area contributed by atoms with Crippen LogP contribution in [0.2, 0.25) is 0 Å². The standard InChI is InChI=1S/C26H35N3O5/c1-15-10-11-19-20(28(15)26(33)34-2)12-13-21-22(19)27-24(23(30)16-6-3-4-7-16)29(21)18-9-5-8-17(14-18)25(31)32/h12-13,15-18,23,30H,3-11,14H2,1-2H3,(H,31,32)/t15-,17+,18+,23-/m0/s1. The molecule has 34 heavy (non-hydrogen) atoms. The van der Waals surface area contributed by atoms with Crippen LogP contribution in [0.4, 0.5) is 10.5 Å². The number of aliphatic hydroxyl groups is 1. The zero-order chi connectivity index (χ0) is 24.0. The molecule has 2 aromatic rings. The van der Waals surface area contributed by atoms with Crippen molar-refractivity contribution in [2.75, 3.05) is 12.0 Å². The number of carbonyl (C=O) groups is 2. The number of aryl methyl sites for hydroxylation is 1. The van der Waals surface area contributed by atoms with Crippen LogP contribution in [0, 0.1) is 11.8 Å². The lowest BCUT2D eigenvalue weighted by atomic mass is 9.85. The molecule has 8 nitrogen and oxygen atoms in total. The van der Waals surface area contributed by atoms with Crippen molar-refractivity contribution in [1.82, 2.24) is 9.55 Å². The van der Waals surface area contributed by atoms with Gasteiger partial charge in [-0.15, -0.1) is 0 Å². The molecule has 1 aromatic carbocycles. The Morgan fingerprint density at radius 1 is 1.12 bits per heavy atom. The van der Waals surface area contributed by atoms with Gasteiger partial charge in [0.25, 0.3) is 0 Å². The van der Waals surface area contributed by atoms with Crippen molar-refractivity contribution in [2.24, 2.45) is 11.8 Å². The fourth-order valence-corrected chi connectivity index (χ4v) is 6.49. The number of amides is 1. The zero-order valence-corrected chi connectivity index (χ0v) is 20.1. The van der Waals surface area contributed by atoms with Crippen LogP contribution in [0.1, 0.15) is 88.2 Å². The van der Waals surface area contributed by atoms with Crippen LogP contribution in [0.3, 0.4) is 0 Å². The maximum atomic E-state index is 12.6. The highest BCUT2D eigenvalue weighted by Gasteiger charge is 2.37. The summed E-state index contributed by atoms with van der Waals surface area (Å²) < 4.78 is 7.21. The number of imidazole rings is 1. The Hall–Kier alpha value is -2.61. The molecule has 0 spiro atoms. The molecule has 2 aliphatic carbocycles. The van der Waals surface area contributed by atoms with Crippen molar-refractivity contribution in [3.05, 3.63) is 23.5 Å². The number of carbonyl (C=O) groups excluding carboxylic acids is 1. The summed E-state index contributed by atoms with van der Waals surface area (Å²) in [6, 6.07) is 3.97. The summed E-state index contributed by atoms with van der Waals surface area (Å²) in [7, 11) is 1.40. The van der Waals surface area contributed by atoms with Gasteiger partial charge in [0.2, 0.25) is 0 Å². The van der Waals surface area contributed by atoms with E-state index in [1.54, 1.807) is 4.90 Å². The van der Waals surface area contributed by atoms with Crippen LogP contribution in [0.15, 0.2) is 12.1 Å². The zero-order valence-electron chi connectivity index (χ0n) is 20.1. The highest BCUT2D eigenvalue weighted by atomic mass is 16.5. The van der Waals surface area contributed by atoms with Gasteiger partial charge in [0.15, 0.2) is 0 Å². The van der Waals surface area contributed by atoms with E-state index in [0.717, 1.165) is 73.7 Å². The fraction of sp³-hybridized carbons (Fsp3) is 0.654. The summed E-state index contributed by atoms with van der Waals surface area (Å²) in [5.41, 5.74) is 3.57. The third-order valence-electron chi connectivity index (χ3n) is 8.32. The minimum Gasteiger partial charge on any atom is -0.481 e. The summed E-state index contributed by atoms with van der Waals surface area (Å²) >= 11 is 0. The van der Waals surface area contributed by atoms with Crippen LogP contribution in [0.25, 0.3) is 11.0 Å². The predicted octanol–water partition coefficient (Wildman–Crippen LogP) is 4.98. The van der Waals surface area contributed by atoms with Crippen LogP contribution < -0.4 is 4.90 Å². The van der Waals surface area contributed by atoms with E-state index in [2.05, 4.69) is 4.57 Å². The summed E-state index contributed by atoms with van der Waals surface area (Å²) in [4.78, 5) is 31.1. The largest absolute Gasteiger partial charge is 0.481 e. The SMILES string of the molecule is COC(=O)N1c2ccc3c(nc([C@@H](O)C4CCCC4)n3[C@@H]3CCC[C@@H](C(=O)O)C3)c2CC[C@@H]1C. The maximum Gasteiger partial charge on any atom is 0.414 e. The van der Waals surface area contributed by atoms with Gasteiger partial charge in [-0.25, -0.2) is 9.78 Å². The molecular formula is C26H35N3O5. The molecule has 5 rings (SSSR count). The van der Waals surface area contributed by atoms with E-state index < -0.39 is 12.1 Å². The number of anilines is 1. The molecule has 2 fully saturated rings. The van der Waals surface area contributed by atoms with Crippen LogP contribution in [-0.4, -0.2) is 45.0 Å². The minimum atomic E-state index is -0.743. The first-order chi connectivity index (χ1) is 16.4. The molecule has 0 bridgehead atoms. The molecular weight excluding hydrogens is 434 g/mol. The van der Waals surface area contributed by atoms with Crippen molar-refractivity contribution in [3.63, 3.8) is 0 Å². The molecule has 3 aliphatic rings. The number of benzene rings is 1. The topological polar surface area (TPSA) is 105 Å².